The number of hydrogen-bond donors (Lipinski definition) is 2. The molecule has 0 spiro atoms. The molecule has 0 radical (unpaired) electrons. The maximum absolute atomic E-state index is 9.48. The van der Waals surface area contributed by atoms with E-state index in [1.165, 1.54) is 0 Å². The maximum Gasteiger partial charge on any atom is 0.0731 e. The van der Waals surface area contributed by atoms with Crippen molar-refractivity contribution in [3.8, 4) is 0 Å². The molecule has 0 saturated carbocycles. The Bertz CT molecular complexity index is 249. The third kappa shape index (κ3) is 2.55. The Morgan fingerprint density at radius 2 is 2.42 bits per heavy atom. The molecule has 2 atom stereocenters. The van der Waals surface area contributed by atoms with Gasteiger partial charge in [-0.25, -0.2) is 0 Å². The normalized spacial score (nSPS) is 16.0. The van der Waals surface area contributed by atoms with E-state index in [9.17, 15) is 5.11 Å². The van der Waals surface area contributed by atoms with Gasteiger partial charge < -0.3 is 10.8 Å². The second-order valence-corrected chi connectivity index (χ2v) is 5.08. The van der Waals surface area contributed by atoms with E-state index >= 15 is 0 Å². The van der Waals surface area contributed by atoms with Crippen LogP contribution in [0.3, 0.4) is 0 Å². The monoisotopic (exact) mass is 249 g/mol. The van der Waals surface area contributed by atoms with Crippen molar-refractivity contribution in [1.82, 2.24) is 0 Å². The zero-order valence-electron chi connectivity index (χ0n) is 6.83. The summed E-state index contributed by atoms with van der Waals surface area (Å²) in [5.41, 5.74) is 6.67. The second kappa shape index (κ2) is 4.37. The molecule has 12 heavy (non-hydrogen) atoms. The summed E-state index contributed by atoms with van der Waals surface area (Å²) in [5.74, 6) is 0. The van der Waals surface area contributed by atoms with E-state index in [4.69, 9.17) is 5.73 Å². The second-order valence-electron chi connectivity index (χ2n) is 2.85. The van der Waals surface area contributed by atoms with Gasteiger partial charge in [0, 0.05) is 12.5 Å². The van der Waals surface area contributed by atoms with E-state index in [0.717, 1.165) is 9.35 Å². The molecule has 0 amide bonds. The first-order valence-electron chi connectivity index (χ1n) is 3.76. The Morgan fingerprint density at radius 1 is 1.75 bits per heavy atom. The summed E-state index contributed by atoms with van der Waals surface area (Å²) in [7, 11) is 0. The molecule has 1 unspecified atom stereocenters. The van der Waals surface area contributed by atoms with Gasteiger partial charge in [0.1, 0.15) is 0 Å². The molecule has 0 aromatic carbocycles. The van der Waals surface area contributed by atoms with Crippen molar-refractivity contribution >= 4 is 27.3 Å². The van der Waals surface area contributed by atoms with Gasteiger partial charge in [0.05, 0.1) is 9.89 Å². The van der Waals surface area contributed by atoms with Crippen LogP contribution in [0, 0.1) is 0 Å². The van der Waals surface area contributed by atoms with Crippen molar-refractivity contribution in [2.45, 2.75) is 25.5 Å². The van der Waals surface area contributed by atoms with Crippen LogP contribution in [0.1, 0.15) is 12.5 Å². The highest BCUT2D eigenvalue weighted by molar-refractivity contribution is 9.11. The average Bonchev–Trinajstić information content (AvgIpc) is 2.36. The van der Waals surface area contributed by atoms with Crippen molar-refractivity contribution in [3.63, 3.8) is 0 Å². The van der Waals surface area contributed by atoms with Crippen molar-refractivity contribution in [2.24, 2.45) is 5.73 Å². The van der Waals surface area contributed by atoms with Gasteiger partial charge in [-0.15, -0.1) is 11.3 Å². The molecule has 0 saturated heterocycles. The smallest absolute Gasteiger partial charge is 0.0731 e. The lowest BCUT2D eigenvalue weighted by Crippen LogP contribution is -2.32. The number of nitrogens with two attached hydrogens (primary N) is 1. The molecule has 2 nitrogen and oxygen atoms in total. The molecule has 0 aliphatic rings. The first-order chi connectivity index (χ1) is 5.61. The lowest BCUT2D eigenvalue weighted by Gasteiger charge is -2.13. The highest BCUT2D eigenvalue weighted by Crippen LogP contribution is 2.24. The van der Waals surface area contributed by atoms with Gasteiger partial charge in [0.2, 0.25) is 0 Å². The third-order valence-corrected chi connectivity index (χ3v) is 3.54. The summed E-state index contributed by atoms with van der Waals surface area (Å²) < 4.78 is 1.09. The molecule has 0 aliphatic carbocycles. The zero-order chi connectivity index (χ0) is 9.14. The first-order valence-corrected chi connectivity index (χ1v) is 5.44. The van der Waals surface area contributed by atoms with Crippen LogP contribution in [-0.2, 0) is 6.42 Å². The Hall–Kier alpha value is 0.100. The van der Waals surface area contributed by atoms with E-state index < -0.39 is 6.10 Å². The lowest BCUT2D eigenvalue weighted by molar-refractivity contribution is 0.151. The van der Waals surface area contributed by atoms with Crippen LogP contribution in [0.4, 0.5) is 0 Å². The maximum atomic E-state index is 9.48. The summed E-state index contributed by atoms with van der Waals surface area (Å²) in [6, 6.07) is 1.83. The van der Waals surface area contributed by atoms with E-state index in [-0.39, 0.29) is 6.04 Å². The highest BCUT2D eigenvalue weighted by atomic mass is 79.9. The summed E-state index contributed by atoms with van der Waals surface area (Å²) in [6.07, 6.45) is 0.178. The summed E-state index contributed by atoms with van der Waals surface area (Å²) in [5, 5.41) is 11.5. The van der Waals surface area contributed by atoms with Gasteiger partial charge in [0.15, 0.2) is 0 Å². The van der Waals surface area contributed by atoms with E-state index in [2.05, 4.69) is 15.9 Å². The van der Waals surface area contributed by atoms with Crippen LogP contribution >= 0.6 is 27.3 Å². The minimum absolute atomic E-state index is 0.170. The SMILES string of the molecule is C[C@@H](N)C(O)Cc1ccsc1Br. The Morgan fingerprint density at radius 3 is 2.83 bits per heavy atom. The van der Waals surface area contributed by atoms with Gasteiger partial charge in [-0.05, 0) is 39.9 Å². The minimum atomic E-state index is -0.448. The van der Waals surface area contributed by atoms with Crippen LogP contribution in [0.2, 0.25) is 0 Å². The lowest BCUT2D eigenvalue weighted by atomic mass is 10.1. The summed E-state index contributed by atoms with van der Waals surface area (Å²) in [4.78, 5) is 0. The van der Waals surface area contributed by atoms with Crippen molar-refractivity contribution < 1.29 is 5.11 Å². The van der Waals surface area contributed by atoms with Crippen molar-refractivity contribution in [3.05, 3.63) is 20.8 Å². The van der Waals surface area contributed by atoms with Gasteiger partial charge in [-0.2, -0.15) is 0 Å². The predicted molar refractivity (Wildman–Crippen MR) is 55.4 cm³/mol. The molecule has 68 valence electrons. The van der Waals surface area contributed by atoms with Crippen LogP contribution in [0.15, 0.2) is 15.2 Å². The molecular formula is C8H12BrNOS. The zero-order valence-corrected chi connectivity index (χ0v) is 9.23. The number of aliphatic hydroxyl groups is 1. The molecule has 1 aromatic heterocycles. The number of rotatable bonds is 3. The fraction of sp³-hybridized carbons (Fsp3) is 0.500. The number of thiophene rings is 1. The predicted octanol–water partition coefficient (Wildman–Crippen LogP) is 1.76. The topological polar surface area (TPSA) is 46.2 Å². The van der Waals surface area contributed by atoms with Crippen LogP contribution < -0.4 is 5.73 Å². The Balaban J connectivity index is 2.58. The Kier molecular flexibility index (Phi) is 3.71. The number of hydrogen-bond acceptors (Lipinski definition) is 3. The molecule has 4 heteroatoms. The van der Waals surface area contributed by atoms with Crippen LogP contribution in [0.25, 0.3) is 0 Å². The van der Waals surface area contributed by atoms with E-state index in [1.54, 1.807) is 11.3 Å². The van der Waals surface area contributed by atoms with Gasteiger partial charge >= 0.3 is 0 Å². The molecule has 3 N–H and O–H groups in total. The van der Waals surface area contributed by atoms with Crippen molar-refractivity contribution in [1.29, 1.82) is 0 Å². The minimum Gasteiger partial charge on any atom is -0.391 e. The molecule has 0 aliphatic heterocycles. The van der Waals surface area contributed by atoms with Crippen LogP contribution in [0.5, 0.6) is 0 Å². The molecule has 1 heterocycles. The first kappa shape index (κ1) is 10.2. The standard InChI is InChI=1S/C8H12BrNOS/c1-5(10)7(11)4-6-2-3-12-8(6)9/h2-3,5,7,11H,4,10H2,1H3/t5-,7?/m1/s1. The summed E-state index contributed by atoms with van der Waals surface area (Å²) in [6.45, 7) is 1.81. The third-order valence-electron chi connectivity index (χ3n) is 1.73. The number of halogens is 1. The number of aliphatic hydroxyl groups excluding tert-OH is 1. The van der Waals surface area contributed by atoms with Gasteiger partial charge in [-0.1, -0.05) is 0 Å². The fourth-order valence-corrected chi connectivity index (χ4v) is 2.15. The highest BCUT2D eigenvalue weighted by Gasteiger charge is 2.12. The van der Waals surface area contributed by atoms with Crippen molar-refractivity contribution in [2.75, 3.05) is 0 Å². The average molecular weight is 250 g/mol. The van der Waals surface area contributed by atoms with Crippen LogP contribution in [-0.4, -0.2) is 17.3 Å². The van der Waals surface area contributed by atoms with Gasteiger partial charge in [-0.3, -0.25) is 0 Å². The molecule has 0 bridgehead atoms. The van der Waals surface area contributed by atoms with E-state index in [1.807, 2.05) is 18.4 Å². The van der Waals surface area contributed by atoms with E-state index in [0.29, 0.717) is 6.42 Å². The molecular weight excluding hydrogens is 238 g/mol. The quantitative estimate of drug-likeness (QED) is 0.858. The largest absolute Gasteiger partial charge is 0.391 e. The van der Waals surface area contributed by atoms with Gasteiger partial charge in [0.25, 0.3) is 0 Å². The molecule has 1 aromatic rings. The summed E-state index contributed by atoms with van der Waals surface area (Å²) >= 11 is 5.03. The molecule has 0 fully saturated rings. The molecule has 1 rings (SSSR count). The Labute approximate surface area is 84.5 Å². The fourth-order valence-electron chi connectivity index (χ4n) is 0.877.